The summed E-state index contributed by atoms with van der Waals surface area (Å²) in [6.45, 7) is 6.24. The fraction of sp³-hybridized carbons (Fsp3) is 0.577. The van der Waals surface area contributed by atoms with Gasteiger partial charge in [0, 0.05) is 51.2 Å². The van der Waals surface area contributed by atoms with Crippen molar-refractivity contribution in [3.8, 4) is 0 Å². The van der Waals surface area contributed by atoms with Gasteiger partial charge in [-0.25, -0.2) is 0 Å². The summed E-state index contributed by atoms with van der Waals surface area (Å²) >= 11 is 0. The number of fused-ring (bicyclic) bond motifs is 3. The lowest BCUT2D eigenvalue weighted by molar-refractivity contribution is -0.129. The number of hydrogen-bond acceptors (Lipinski definition) is 5. The minimum atomic E-state index is -0.602. The Bertz CT molecular complexity index is 1110. The van der Waals surface area contributed by atoms with E-state index in [2.05, 4.69) is 10.2 Å². The summed E-state index contributed by atoms with van der Waals surface area (Å²) in [6, 6.07) is 9.86. The smallest absolute Gasteiger partial charge is 0.264 e. The Kier molecular flexibility index (Phi) is 7.09. The molecular weight excluding hydrogens is 432 g/mol. The normalized spacial score (nSPS) is 23.3. The third kappa shape index (κ3) is 4.88. The number of carbonyl (C=O) groups excluding carboxylic acids is 2. The van der Waals surface area contributed by atoms with Gasteiger partial charge in [0.25, 0.3) is 11.5 Å². The number of aromatic nitrogens is 1. The van der Waals surface area contributed by atoms with Gasteiger partial charge in [-0.1, -0.05) is 18.2 Å². The molecule has 2 aliphatic rings. The van der Waals surface area contributed by atoms with Crippen molar-refractivity contribution in [2.75, 3.05) is 20.1 Å². The molecule has 0 aliphatic carbocycles. The highest BCUT2D eigenvalue weighted by Gasteiger charge is 2.42. The van der Waals surface area contributed by atoms with E-state index >= 15 is 0 Å². The number of rotatable bonds is 7. The molecule has 2 aliphatic heterocycles. The summed E-state index contributed by atoms with van der Waals surface area (Å²) in [6.07, 6.45) is 3.05. The first-order valence-corrected chi connectivity index (χ1v) is 12.3. The molecule has 184 valence electrons. The molecule has 2 fully saturated rings. The maximum atomic E-state index is 13.2. The molecule has 2 bridgehead atoms. The van der Waals surface area contributed by atoms with Gasteiger partial charge in [0.2, 0.25) is 5.91 Å². The summed E-state index contributed by atoms with van der Waals surface area (Å²) in [5.74, 6) is -0.375. The maximum Gasteiger partial charge on any atom is 0.264 e. The molecule has 8 heteroatoms. The summed E-state index contributed by atoms with van der Waals surface area (Å²) in [7, 11) is 1.70. The highest BCUT2D eigenvalue weighted by atomic mass is 16.3. The largest absolute Gasteiger partial charge is 0.390 e. The molecule has 2 amide bonds. The summed E-state index contributed by atoms with van der Waals surface area (Å²) in [5, 5.41) is 14.5. The van der Waals surface area contributed by atoms with Crippen LogP contribution < -0.4 is 10.9 Å². The Morgan fingerprint density at radius 2 is 1.82 bits per heavy atom. The molecule has 3 heterocycles. The zero-order chi connectivity index (χ0) is 24.6. The van der Waals surface area contributed by atoms with Crippen LogP contribution in [0.3, 0.4) is 0 Å². The molecule has 0 spiro atoms. The highest BCUT2D eigenvalue weighted by Crippen LogP contribution is 2.36. The maximum absolute atomic E-state index is 13.2. The average molecular weight is 469 g/mol. The first-order valence-electron chi connectivity index (χ1n) is 12.3. The fourth-order valence-corrected chi connectivity index (χ4v) is 5.66. The number of piperidine rings is 1. The van der Waals surface area contributed by atoms with E-state index in [1.807, 2.05) is 38.1 Å². The molecule has 34 heavy (non-hydrogen) atoms. The predicted octanol–water partition coefficient (Wildman–Crippen LogP) is 2.15. The molecule has 1 aromatic heterocycles. The van der Waals surface area contributed by atoms with Crippen molar-refractivity contribution in [1.82, 2.24) is 19.7 Å². The molecule has 8 nitrogen and oxygen atoms in total. The molecule has 1 aromatic carbocycles. The second kappa shape index (κ2) is 9.88. The van der Waals surface area contributed by atoms with Crippen LogP contribution in [0, 0.1) is 0 Å². The van der Waals surface area contributed by atoms with Crippen LogP contribution in [0.15, 0.2) is 35.1 Å². The van der Waals surface area contributed by atoms with E-state index in [4.69, 9.17) is 0 Å². The molecule has 2 aromatic rings. The Labute approximate surface area is 200 Å². The quantitative estimate of drug-likeness (QED) is 0.649. The third-order valence-electron chi connectivity index (χ3n) is 7.37. The zero-order valence-electron chi connectivity index (χ0n) is 20.5. The number of hydrogen-bond donors (Lipinski definition) is 2. The van der Waals surface area contributed by atoms with Gasteiger partial charge in [-0.3, -0.25) is 19.3 Å². The molecule has 2 N–H and O–H groups in total. The molecule has 1 unspecified atom stereocenters. The van der Waals surface area contributed by atoms with Crippen molar-refractivity contribution in [3.63, 3.8) is 0 Å². The summed E-state index contributed by atoms with van der Waals surface area (Å²) < 4.78 is 1.69. The summed E-state index contributed by atoms with van der Waals surface area (Å²) in [4.78, 5) is 41.7. The number of amides is 2. The number of para-hydroxylation sites is 1. The zero-order valence-corrected chi connectivity index (χ0v) is 20.5. The van der Waals surface area contributed by atoms with Gasteiger partial charge in [-0.05, 0) is 57.0 Å². The number of nitrogens with one attached hydrogen (secondary N) is 1. The first-order chi connectivity index (χ1) is 16.2. The number of aliphatic hydroxyl groups excluding tert-OH is 1. The lowest BCUT2D eigenvalue weighted by atomic mass is 9.96. The van der Waals surface area contributed by atoms with Crippen LogP contribution in [0.25, 0.3) is 10.9 Å². The van der Waals surface area contributed by atoms with Crippen molar-refractivity contribution >= 4 is 22.7 Å². The highest BCUT2D eigenvalue weighted by molar-refractivity contribution is 5.97. The number of carbonyl (C=O) groups is 2. The van der Waals surface area contributed by atoms with Crippen molar-refractivity contribution in [2.24, 2.45) is 0 Å². The van der Waals surface area contributed by atoms with Crippen molar-refractivity contribution in [2.45, 2.75) is 76.7 Å². The van der Waals surface area contributed by atoms with E-state index in [1.165, 1.54) is 11.8 Å². The molecular formula is C26H36N4O4. The Morgan fingerprint density at radius 1 is 1.18 bits per heavy atom. The number of aliphatic hydroxyl groups is 1. The van der Waals surface area contributed by atoms with E-state index in [0.717, 1.165) is 36.6 Å². The van der Waals surface area contributed by atoms with Crippen molar-refractivity contribution in [1.29, 1.82) is 0 Å². The van der Waals surface area contributed by atoms with Gasteiger partial charge in [0.15, 0.2) is 0 Å². The average Bonchev–Trinajstić information content (AvgIpc) is 3.00. The SMILES string of the molecule is CC(=O)N(C)C[C@H](O)CN1[C@@H]2CC[C@H]1CC(NC(=O)c1cc3ccccc3n(C(C)C)c1=O)C2. The van der Waals surface area contributed by atoms with Gasteiger partial charge >= 0.3 is 0 Å². The van der Waals surface area contributed by atoms with E-state index in [1.54, 1.807) is 17.7 Å². The van der Waals surface area contributed by atoms with E-state index < -0.39 is 6.10 Å². The monoisotopic (exact) mass is 468 g/mol. The number of likely N-dealkylation sites (N-methyl/N-ethyl adjacent to an activating group) is 1. The van der Waals surface area contributed by atoms with E-state index in [9.17, 15) is 19.5 Å². The lowest BCUT2D eigenvalue weighted by Crippen LogP contribution is -2.53. The second-order valence-corrected chi connectivity index (χ2v) is 10.2. The summed E-state index contributed by atoms with van der Waals surface area (Å²) in [5.41, 5.74) is 0.758. The third-order valence-corrected chi connectivity index (χ3v) is 7.37. The van der Waals surface area contributed by atoms with Gasteiger partial charge < -0.3 is 19.9 Å². The first kappa shape index (κ1) is 24.4. The van der Waals surface area contributed by atoms with Crippen LogP contribution in [0.5, 0.6) is 0 Å². The van der Waals surface area contributed by atoms with Crippen LogP contribution in [0.2, 0.25) is 0 Å². The van der Waals surface area contributed by atoms with E-state index in [-0.39, 0.29) is 47.1 Å². The topological polar surface area (TPSA) is 94.9 Å². The minimum absolute atomic E-state index is 0.00310. The molecule has 0 saturated carbocycles. The van der Waals surface area contributed by atoms with Gasteiger partial charge in [0.05, 0.1) is 11.6 Å². The van der Waals surface area contributed by atoms with Gasteiger partial charge in [-0.2, -0.15) is 0 Å². The molecule has 4 atom stereocenters. The second-order valence-electron chi connectivity index (χ2n) is 10.2. The molecule has 4 rings (SSSR count). The number of benzene rings is 1. The van der Waals surface area contributed by atoms with Gasteiger partial charge in [0.1, 0.15) is 5.56 Å². The van der Waals surface area contributed by atoms with Crippen LogP contribution in [0.4, 0.5) is 0 Å². The lowest BCUT2D eigenvalue weighted by Gasteiger charge is -2.40. The number of nitrogens with zero attached hydrogens (tertiary/aromatic N) is 3. The fourth-order valence-electron chi connectivity index (χ4n) is 5.66. The molecule has 0 radical (unpaired) electrons. The van der Waals surface area contributed by atoms with Crippen LogP contribution in [0.1, 0.15) is 62.9 Å². The van der Waals surface area contributed by atoms with E-state index in [0.29, 0.717) is 13.1 Å². The Morgan fingerprint density at radius 3 is 2.44 bits per heavy atom. The van der Waals surface area contributed by atoms with Crippen LogP contribution in [-0.4, -0.2) is 75.7 Å². The predicted molar refractivity (Wildman–Crippen MR) is 132 cm³/mol. The van der Waals surface area contributed by atoms with Crippen molar-refractivity contribution < 1.29 is 14.7 Å². The van der Waals surface area contributed by atoms with Gasteiger partial charge in [-0.15, -0.1) is 0 Å². The number of pyridine rings is 1. The van der Waals surface area contributed by atoms with Crippen LogP contribution >= 0.6 is 0 Å². The minimum Gasteiger partial charge on any atom is -0.390 e. The van der Waals surface area contributed by atoms with Crippen LogP contribution in [-0.2, 0) is 4.79 Å². The Balaban J connectivity index is 1.45. The Hall–Kier alpha value is -2.71. The standard InChI is InChI=1S/C26H36N4O4/c1-16(2)30-24-8-6-5-7-18(24)11-23(26(30)34)25(33)27-19-12-20-9-10-21(13-19)29(20)15-22(32)14-28(4)17(3)31/h5-8,11,16,19-22,32H,9-10,12-15H2,1-4H3,(H,27,33)/t19?,20-,21+,22-/m0/s1. The van der Waals surface area contributed by atoms with Crippen molar-refractivity contribution in [3.05, 3.63) is 46.2 Å². The molecule has 2 saturated heterocycles.